The molecular weight excluding hydrogens is 514 g/mol. The summed E-state index contributed by atoms with van der Waals surface area (Å²) in [5.74, 6) is -0.933. The Morgan fingerprint density at radius 1 is 1.31 bits per heavy atom. The number of aliphatic hydroxyl groups excluding tert-OH is 1. The van der Waals surface area contributed by atoms with Gasteiger partial charge in [0.05, 0.1) is 17.1 Å². The Kier molecular flexibility index (Phi) is 8.35. The Morgan fingerprint density at radius 2 is 2.06 bits per heavy atom. The molecule has 35 heavy (non-hydrogen) atoms. The molecule has 2 amide bonds. The number of alkyl halides is 4. The number of aromatic nitrogens is 2. The highest BCUT2D eigenvalue weighted by atomic mass is 35.5. The second-order valence-corrected chi connectivity index (χ2v) is 9.29. The molecule has 8 nitrogen and oxygen atoms in total. The van der Waals surface area contributed by atoms with Crippen LogP contribution in [0.1, 0.15) is 36.2 Å². The highest BCUT2D eigenvalue weighted by Gasteiger charge is 2.40. The molecule has 1 saturated heterocycles. The number of hydrogen-bond acceptors (Lipinski definition) is 7. The molecule has 0 aromatic carbocycles. The van der Waals surface area contributed by atoms with Crippen LogP contribution in [0.25, 0.3) is 10.7 Å². The Labute approximate surface area is 208 Å². The molecule has 14 heteroatoms. The van der Waals surface area contributed by atoms with E-state index in [-0.39, 0.29) is 74.8 Å². The highest BCUT2D eigenvalue weighted by Crippen LogP contribution is 2.36. The van der Waals surface area contributed by atoms with Gasteiger partial charge in [0.25, 0.3) is 0 Å². The summed E-state index contributed by atoms with van der Waals surface area (Å²) < 4.78 is 54.8. The molecule has 0 spiro atoms. The van der Waals surface area contributed by atoms with Gasteiger partial charge in [-0.3, -0.25) is 9.59 Å². The van der Waals surface area contributed by atoms with Crippen molar-refractivity contribution in [3.8, 4) is 10.7 Å². The van der Waals surface area contributed by atoms with Crippen LogP contribution in [-0.2, 0) is 28.7 Å². The Bertz CT molecular complexity index is 1070. The summed E-state index contributed by atoms with van der Waals surface area (Å²) in [5.41, 5.74) is 5.10. The highest BCUT2D eigenvalue weighted by molar-refractivity contribution is 7.13. The zero-order chi connectivity index (χ0) is 24.6. The Hall–Kier alpha value is -2.35. The van der Waals surface area contributed by atoms with Gasteiger partial charge in [0.1, 0.15) is 6.17 Å². The summed E-state index contributed by atoms with van der Waals surface area (Å²) in [4.78, 5) is 35.7. The summed E-state index contributed by atoms with van der Waals surface area (Å²) in [6.07, 6.45) is -8.29. The third-order valence-electron chi connectivity index (χ3n) is 5.89. The lowest BCUT2D eigenvalue weighted by molar-refractivity contribution is -0.155. The molecular formula is C21H24ClF4N5O3S. The van der Waals surface area contributed by atoms with Crippen LogP contribution in [0.3, 0.4) is 0 Å². The number of hydrogen-bond donors (Lipinski definition) is 2. The van der Waals surface area contributed by atoms with Crippen LogP contribution in [0.15, 0.2) is 17.5 Å². The maximum atomic E-state index is 13.7. The molecule has 2 aromatic rings. The van der Waals surface area contributed by atoms with E-state index >= 15 is 0 Å². The van der Waals surface area contributed by atoms with Gasteiger partial charge in [-0.25, -0.2) is 14.4 Å². The first-order valence-corrected chi connectivity index (χ1v) is 11.6. The van der Waals surface area contributed by atoms with Gasteiger partial charge in [0.15, 0.2) is 17.7 Å². The van der Waals surface area contributed by atoms with Crippen molar-refractivity contribution in [1.82, 2.24) is 19.8 Å². The van der Waals surface area contributed by atoms with Crippen molar-refractivity contribution in [3.63, 3.8) is 0 Å². The molecule has 0 radical (unpaired) electrons. The number of fused-ring (bicyclic) bond motifs is 1. The SMILES string of the molecule is Cl.N[C@@H](CC(=O)N1CCc2c(nc(-c3cccs3)nc2C(F)(F)F)C1)CN1C(=O)CCC(F)C1O. The number of aliphatic hydroxyl groups is 1. The fourth-order valence-corrected chi connectivity index (χ4v) is 4.83. The van der Waals surface area contributed by atoms with E-state index in [1.807, 2.05) is 0 Å². The maximum absolute atomic E-state index is 13.7. The van der Waals surface area contributed by atoms with Crippen molar-refractivity contribution in [2.45, 2.75) is 56.8 Å². The minimum atomic E-state index is -4.66. The summed E-state index contributed by atoms with van der Waals surface area (Å²) in [7, 11) is 0. The lowest BCUT2D eigenvalue weighted by atomic mass is 10.0. The third-order valence-corrected chi connectivity index (χ3v) is 6.76. The first kappa shape index (κ1) is 27.2. The smallest absolute Gasteiger partial charge is 0.370 e. The van der Waals surface area contributed by atoms with Crippen LogP contribution in [0.5, 0.6) is 0 Å². The van der Waals surface area contributed by atoms with E-state index < -0.39 is 42.1 Å². The van der Waals surface area contributed by atoms with Gasteiger partial charge in [-0.2, -0.15) is 13.2 Å². The molecule has 4 heterocycles. The van der Waals surface area contributed by atoms with Gasteiger partial charge >= 0.3 is 6.18 Å². The van der Waals surface area contributed by atoms with E-state index in [4.69, 9.17) is 5.73 Å². The molecule has 3 atom stereocenters. The number of nitrogens with zero attached hydrogens (tertiary/aromatic N) is 4. The fraction of sp³-hybridized carbons (Fsp3) is 0.524. The molecule has 0 aliphatic carbocycles. The third kappa shape index (κ3) is 5.90. The number of carbonyl (C=O) groups is 2. The molecule has 2 aromatic heterocycles. The Morgan fingerprint density at radius 3 is 2.71 bits per heavy atom. The van der Waals surface area contributed by atoms with E-state index in [1.165, 1.54) is 16.2 Å². The van der Waals surface area contributed by atoms with Crippen molar-refractivity contribution < 1.29 is 32.3 Å². The zero-order valence-corrected chi connectivity index (χ0v) is 20.0. The largest absolute Gasteiger partial charge is 0.433 e. The van der Waals surface area contributed by atoms with Crippen molar-refractivity contribution in [2.75, 3.05) is 13.1 Å². The minimum absolute atomic E-state index is 0. The van der Waals surface area contributed by atoms with Crippen molar-refractivity contribution >= 4 is 35.6 Å². The van der Waals surface area contributed by atoms with Crippen LogP contribution in [0, 0.1) is 0 Å². The number of piperidine rings is 1. The van der Waals surface area contributed by atoms with E-state index in [1.54, 1.807) is 17.5 Å². The normalized spacial score (nSPS) is 21.4. The molecule has 3 N–H and O–H groups in total. The average Bonchev–Trinajstić information content (AvgIpc) is 3.32. The van der Waals surface area contributed by atoms with Crippen LogP contribution in [0.2, 0.25) is 0 Å². The number of halogens is 5. The number of nitrogens with two attached hydrogens (primary N) is 1. The Balaban J connectivity index is 0.00000342. The zero-order valence-electron chi connectivity index (χ0n) is 18.4. The molecule has 1 fully saturated rings. The topological polar surface area (TPSA) is 113 Å². The summed E-state index contributed by atoms with van der Waals surface area (Å²) in [6, 6.07) is 2.42. The number of likely N-dealkylation sites (tertiary alicyclic amines) is 1. The van der Waals surface area contributed by atoms with Crippen LogP contribution in [0.4, 0.5) is 17.6 Å². The number of thiophene rings is 1. The molecule has 0 saturated carbocycles. The van der Waals surface area contributed by atoms with Crippen LogP contribution < -0.4 is 5.73 Å². The molecule has 2 aliphatic rings. The summed E-state index contributed by atoms with van der Waals surface area (Å²) in [5, 5.41) is 11.6. The number of carbonyl (C=O) groups excluding carboxylic acids is 2. The standard InChI is InChI=1S/C21H23F4N5O3S.ClH/c22-13-3-4-16(31)30(20(13)33)9-11(26)8-17(32)29-6-5-12-14(10-29)27-19(15-2-1-7-34-15)28-18(12)21(23,24)25;/h1-2,7,11,13,20,33H,3-6,8-10,26H2;1H/t11-,13?,20?;/m0./s1. The van der Waals surface area contributed by atoms with Crippen LogP contribution >= 0.6 is 23.7 Å². The maximum Gasteiger partial charge on any atom is 0.433 e. The minimum Gasteiger partial charge on any atom is -0.370 e. The molecule has 4 rings (SSSR count). The lowest BCUT2D eigenvalue weighted by Gasteiger charge is -2.36. The quantitative estimate of drug-likeness (QED) is 0.567. The van der Waals surface area contributed by atoms with Crippen molar-refractivity contribution in [2.24, 2.45) is 5.73 Å². The second-order valence-electron chi connectivity index (χ2n) is 8.34. The number of rotatable bonds is 5. The van der Waals surface area contributed by atoms with Gasteiger partial charge in [-0.15, -0.1) is 23.7 Å². The molecule has 192 valence electrons. The molecule has 0 bridgehead atoms. The first-order chi connectivity index (χ1) is 16.0. The summed E-state index contributed by atoms with van der Waals surface area (Å²) in [6.45, 7) is -0.316. The van der Waals surface area contributed by atoms with Crippen LogP contribution in [-0.4, -0.2) is 68.2 Å². The monoisotopic (exact) mass is 537 g/mol. The number of amides is 2. The lowest BCUT2D eigenvalue weighted by Crippen LogP contribution is -2.54. The summed E-state index contributed by atoms with van der Waals surface area (Å²) >= 11 is 1.21. The van der Waals surface area contributed by atoms with Gasteiger partial charge in [0, 0.05) is 37.5 Å². The van der Waals surface area contributed by atoms with Crippen molar-refractivity contribution in [1.29, 1.82) is 0 Å². The average molecular weight is 538 g/mol. The molecule has 2 unspecified atom stereocenters. The van der Waals surface area contributed by atoms with Gasteiger partial charge in [-0.05, 0) is 24.3 Å². The van der Waals surface area contributed by atoms with E-state index in [0.29, 0.717) is 4.88 Å². The van der Waals surface area contributed by atoms with E-state index in [2.05, 4.69) is 9.97 Å². The van der Waals surface area contributed by atoms with E-state index in [9.17, 15) is 32.3 Å². The molecule has 2 aliphatic heterocycles. The van der Waals surface area contributed by atoms with Gasteiger partial charge in [0.2, 0.25) is 11.8 Å². The van der Waals surface area contributed by atoms with Gasteiger partial charge < -0.3 is 20.6 Å². The second kappa shape index (κ2) is 10.7. The predicted molar refractivity (Wildman–Crippen MR) is 121 cm³/mol. The fourth-order valence-electron chi connectivity index (χ4n) is 4.17. The van der Waals surface area contributed by atoms with Crippen molar-refractivity contribution in [3.05, 3.63) is 34.5 Å². The predicted octanol–water partition coefficient (Wildman–Crippen LogP) is 2.53. The van der Waals surface area contributed by atoms with Gasteiger partial charge in [-0.1, -0.05) is 6.07 Å². The van der Waals surface area contributed by atoms with E-state index in [0.717, 1.165) is 4.90 Å². The first-order valence-electron chi connectivity index (χ1n) is 10.7.